The standard InChI is InChI=1S/C17H24N4O/c1-12-7-8-14-15(11-12)21-17(20-14)18-10-9-16(22)19-13-5-3-2-4-6-13/h7-8,11,13H,2-6,9-10H2,1H3,(H,19,22)(H2,18,20,21). The lowest BCUT2D eigenvalue weighted by Gasteiger charge is -2.22. The van der Waals surface area contributed by atoms with Crippen molar-refractivity contribution < 1.29 is 4.79 Å². The van der Waals surface area contributed by atoms with Gasteiger partial charge in [-0.05, 0) is 37.5 Å². The Hall–Kier alpha value is -2.04. The smallest absolute Gasteiger partial charge is 0.221 e. The molecule has 22 heavy (non-hydrogen) atoms. The third kappa shape index (κ3) is 3.78. The molecule has 0 radical (unpaired) electrons. The molecule has 0 saturated heterocycles. The van der Waals surface area contributed by atoms with Crippen molar-refractivity contribution in [2.45, 2.75) is 51.5 Å². The second kappa shape index (κ2) is 6.81. The highest BCUT2D eigenvalue weighted by atomic mass is 16.1. The number of carbonyl (C=O) groups excluding carboxylic acids is 1. The van der Waals surface area contributed by atoms with Crippen LogP contribution in [-0.2, 0) is 4.79 Å². The van der Waals surface area contributed by atoms with Gasteiger partial charge in [0.1, 0.15) is 0 Å². The number of carbonyl (C=O) groups is 1. The molecule has 2 aromatic rings. The molecular weight excluding hydrogens is 276 g/mol. The zero-order chi connectivity index (χ0) is 15.4. The molecule has 5 heteroatoms. The summed E-state index contributed by atoms with van der Waals surface area (Å²) in [7, 11) is 0. The minimum Gasteiger partial charge on any atom is -0.355 e. The quantitative estimate of drug-likeness (QED) is 0.794. The van der Waals surface area contributed by atoms with E-state index in [0.29, 0.717) is 19.0 Å². The maximum Gasteiger partial charge on any atom is 0.221 e. The Morgan fingerprint density at radius 3 is 2.95 bits per heavy atom. The fraction of sp³-hybridized carbons (Fsp3) is 0.529. The number of nitrogens with zero attached hydrogens (tertiary/aromatic N) is 1. The van der Waals surface area contributed by atoms with Gasteiger partial charge < -0.3 is 15.6 Å². The summed E-state index contributed by atoms with van der Waals surface area (Å²) >= 11 is 0. The van der Waals surface area contributed by atoms with E-state index in [9.17, 15) is 4.79 Å². The molecule has 0 aliphatic heterocycles. The fourth-order valence-corrected chi connectivity index (χ4v) is 3.05. The monoisotopic (exact) mass is 300 g/mol. The molecule has 118 valence electrons. The number of imidazole rings is 1. The van der Waals surface area contributed by atoms with Gasteiger partial charge in [-0.1, -0.05) is 25.3 Å². The van der Waals surface area contributed by atoms with Crippen molar-refractivity contribution in [1.29, 1.82) is 0 Å². The van der Waals surface area contributed by atoms with Gasteiger partial charge in [0.25, 0.3) is 0 Å². The molecule has 1 amide bonds. The second-order valence-electron chi connectivity index (χ2n) is 6.19. The predicted octanol–water partition coefficient (Wildman–Crippen LogP) is 3.12. The predicted molar refractivity (Wildman–Crippen MR) is 89.0 cm³/mol. The SMILES string of the molecule is Cc1ccc2nc(NCCC(=O)NC3CCCCC3)[nH]c2c1. The molecule has 0 bridgehead atoms. The molecule has 1 aromatic carbocycles. The number of aromatic nitrogens is 2. The van der Waals surface area contributed by atoms with Crippen LogP contribution in [-0.4, -0.2) is 28.5 Å². The van der Waals surface area contributed by atoms with Crippen LogP contribution < -0.4 is 10.6 Å². The van der Waals surface area contributed by atoms with E-state index in [1.807, 2.05) is 12.1 Å². The van der Waals surface area contributed by atoms with Gasteiger partial charge in [0.2, 0.25) is 11.9 Å². The summed E-state index contributed by atoms with van der Waals surface area (Å²) < 4.78 is 0. The summed E-state index contributed by atoms with van der Waals surface area (Å²) in [5, 5.41) is 6.32. The molecule has 1 heterocycles. The normalized spacial score (nSPS) is 15.9. The number of aromatic amines is 1. The number of benzene rings is 1. The summed E-state index contributed by atoms with van der Waals surface area (Å²) in [6.45, 7) is 2.65. The van der Waals surface area contributed by atoms with E-state index in [1.54, 1.807) is 0 Å². The van der Waals surface area contributed by atoms with Crippen molar-refractivity contribution in [3.63, 3.8) is 0 Å². The van der Waals surface area contributed by atoms with Crippen LogP contribution in [0.5, 0.6) is 0 Å². The van der Waals surface area contributed by atoms with Gasteiger partial charge >= 0.3 is 0 Å². The molecule has 1 aliphatic rings. The molecule has 1 aliphatic carbocycles. The van der Waals surface area contributed by atoms with Gasteiger partial charge in [-0.3, -0.25) is 4.79 Å². The molecular formula is C17H24N4O. The Morgan fingerprint density at radius 2 is 2.14 bits per heavy atom. The summed E-state index contributed by atoms with van der Waals surface area (Å²) in [6, 6.07) is 6.51. The van der Waals surface area contributed by atoms with Crippen molar-refractivity contribution in [2.75, 3.05) is 11.9 Å². The van der Waals surface area contributed by atoms with E-state index in [1.165, 1.54) is 24.8 Å². The molecule has 0 unspecified atom stereocenters. The number of amides is 1. The van der Waals surface area contributed by atoms with Crippen molar-refractivity contribution in [3.05, 3.63) is 23.8 Å². The van der Waals surface area contributed by atoms with E-state index >= 15 is 0 Å². The van der Waals surface area contributed by atoms with Crippen LogP contribution in [0.3, 0.4) is 0 Å². The molecule has 1 fully saturated rings. The van der Waals surface area contributed by atoms with E-state index < -0.39 is 0 Å². The first-order valence-corrected chi connectivity index (χ1v) is 8.20. The van der Waals surface area contributed by atoms with Crippen molar-refractivity contribution in [2.24, 2.45) is 0 Å². The van der Waals surface area contributed by atoms with Gasteiger partial charge in [0.05, 0.1) is 11.0 Å². The Kier molecular flexibility index (Phi) is 4.61. The van der Waals surface area contributed by atoms with Gasteiger partial charge in [-0.25, -0.2) is 4.98 Å². The number of nitrogens with one attached hydrogen (secondary N) is 3. The molecule has 3 rings (SSSR count). The van der Waals surface area contributed by atoms with Crippen LogP contribution >= 0.6 is 0 Å². The average Bonchev–Trinajstić information content (AvgIpc) is 2.90. The lowest BCUT2D eigenvalue weighted by molar-refractivity contribution is -0.121. The molecule has 0 atom stereocenters. The summed E-state index contributed by atoms with van der Waals surface area (Å²) in [4.78, 5) is 19.6. The Labute approximate surface area is 130 Å². The first kappa shape index (κ1) is 14.9. The zero-order valence-electron chi connectivity index (χ0n) is 13.1. The Balaban J connectivity index is 1.46. The second-order valence-corrected chi connectivity index (χ2v) is 6.19. The van der Waals surface area contributed by atoms with Crippen molar-refractivity contribution >= 4 is 22.9 Å². The first-order chi connectivity index (χ1) is 10.7. The topological polar surface area (TPSA) is 69.8 Å². The van der Waals surface area contributed by atoms with Gasteiger partial charge in [0, 0.05) is 19.0 Å². The van der Waals surface area contributed by atoms with Crippen LogP contribution in [0.2, 0.25) is 0 Å². The average molecular weight is 300 g/mol. The van der Waals surface area contributed by atoms with Gasteiger partial charge in [-0.2, -0.15) is 0 Å². The summed E-state index contributed by atoms with van der Waals surface area (Å²) in [5.74, 6) is 0.859. The highest BCUT2D eigenvalue weighted by Crippen LogP contribution is 2.17. The van der Waals surface area contributed by atoms with E-state index in [-0.39, 0.29) is 5.91 Å². The Bertz CT molecular complexity index is 643. The lowest BCUT2D eigenvalue weighted by atomic mass is 9.95. The van der Waals surface area contributed by atoms with E-state index in [2.05, 4.69) is 33.6 Å². The van der Waals surface area contributed by atoms with Gasteiger partial charge in [-0.15, -0.1) is 0 Å². The third-order valence-electron chi connectivity index (χ3n) is 4.25. The van der Waals surface area contributed by atoms with Crippen LogP contribution in [0.25, 0.3) is 11.0 Å². The molecule has 3 N–H and O–H groups in total. The molecule has 1 aromatic heterocycles. The van der Waals surface area contributed by atoms with Crippen LogP contribution in [0.1, 0.15) is 44.1 Å². The highest BCUT2D eigenvalue weighted by molar-refractivity contribution is 5.79. The number of aryl methyl sites for hydroxylation is 1. The van der Waals surface area contributed by atoms with E-state index in [4.69, 9.17) is 0 Å². The van der Waals surface area contributed by atoms with Crippen LogP contribution in [0.4, 0.5) is 5.95 Å². The van der Waals surface area contributed by atoms with Gasteiger partial charge in [0.15, 0.2) is 0 Å². The number of hydrogen-bond acceptors (Lipinski definition) is 3. The number of H-pyrrole nitrogens is 1. The molecule has 1 saturated carbocycles. The lowest BCUT2D eigenvalue weighted by Crippen LogP contribution is -2.36. The minimum atomic E-state index is 0.131. The van der Waals surface area contributed by atoms with E-state index in [0.717, 1.165) is 29.8 Å². The fourth-order valence-electron chi connectivity index (χ4n) is 3.05. The number of fused-ring (bicyclic) bond motifs is 1. The molecule has 5 nitrogen and oxygen atoms in total. The third-order valence-corrected chi connectivity index (χ3v) is 4.25. The molecule has 0 spiro atoms. The first-order valence-electron chi connectivity index (χ1n) is 8.20. The number of anilines is 1. The Morgan fingerprint density at radius 1 is 1.32 bits per heavy atom. The number of rotatable bonds is 5. The van der Waals surface area contributed by atoms with Crippen molar-refractivity contribution in [3.8, 4) is 0 Å². The van der Waals surface area contributed by atoms with Crippen molar-refractivity contribution in [1.82, 2.24) is 15.3 Å². The summed E-state index contributed by atoms with van der Waals surface area (Å²) in [5.41, 5.74) is 3.17. The van der Waals surface area contributed by atoms with Crippen LogP contribution in [0, 0.1) is 6.92 Å². The largest absolute Gasteiger partial charge is 0.355 e. The minimum absolute atomic E-state index is 0.131. The maximum absolute atomic E-state index is 11.9. The van der Waals surface area contributed by atoms with Crippen LogP contribution in [0.15, 0.2) is 18.2 Å². The zero-order valence-corrected chi connectivity index (χ0v) is 13.1. The highest BCUT2D eigenvalue weighted by Gasteiger charge is 2.15. The number of hydrogen-bond donors (Lipinski definition) is 3. The summed E-state index contributed by atoms with van der Waals surface area (Å²) in [6.07, 6.45) is 6.51. The maximum atomic E-state index is 11.9.